The van der Waals surface area contributed by atoms with Crippen molar-refractivity contribution in [3.8, 4) is 0 Å². The Morgan fingerprint density at radius 3 is 2.65 bits per heavy atom. The summed E-state index contributed by atoms with van der Waals surface area (Å²) in [6.45, 7) is 4.69. The standard InChI is InChI=1S/C14H21N5O4/c1-12(21)8(5-20)23-14(3,13(12,2)22-4)19-7-18-9-10(15)16-6-17-11(9)19/h6-8,20-21H,5H2,1-4H3,(H2,15,16,17). The molecule has 23 heavy (non-hydrogen) atoms. The number of methoxy groups -OCH3 is 1. The van der Waals surface area contributed by atoms with Gasteiger partial charge in [-0.05, 0) is 20.8 Å². The second-order valence-electron chi connectivity index (χ2n) is 6.20. The molecule has 1 aliphatic heterocycles. The first-order valence-electron chi connectivity index (χ1n) is 7.23. The van der Waals surface area contributed by atoms with E-state index in [2.05, 4.69) is 15.0 Å². The summed E-state index contributed by atoms with van der Waals surface area (Å²) in [5.74, 6) is 0.250. The minimum Gasteiger partial charge on any atom is -0.394 e. The van der Waals surface area contributed by atoms with Crippen LogP contribution in [0.15, 0.2) is 12.7 Å². The number of aliphatic hydroxyl groups is 2. The van der Waals surface area contributed by atoms with Crippen molar-refractivity contribution >= 4 is 17.0 Å². The average Bonchev–Trinajstić information content (AvgIpc) is 3.02. The zero-order chi connectivity index (χ0) is 17.0. The maximum atomic E-state index is 10.9. The number of aliphatic hydroxyl groups excluding tert-OH is 1. The molecule has 4 N–H and O–H groups in total. The second kappa shape index (κ2) is 4.84. The van der Waals surface area contributed by atoms with Gasteiger partial charge in [0.1, 0.15) is 29.2 Å². The van der Waals surface area contributed by atoms with Crippen LogP contribution < -0.4 is 5.73 Å². The lowest BCUT2D eigenvalue weighted by molar-refractivity contribution is -0.201. The lowest BCUT2D eigenvalue weighted by Gasteiger charge is -2.44. The Labute approximate surface area is 133 Å². The summed E-state index contributed by atoms with van der Waals surface area (Å²) in [5.41, 5.74) is 2.92. The Morgan fingerprint density at radius 1 is 1.35 bits per heavy atom. The number of anilines is 1. The number of rotatable bonds is 3. The number of imidazole rings is 1. The Balaban J connectivity index is 2.25. The summed E-state index contributed by atoms with van der Waals surface area (Å²) in [6.07, 6.45) is 2.01. The van der Waals surface area contributed by atoms with Crippen LogP contribution in [0.3, 0.4) is 0 Å². The van der Waals surface area contributed by atoms with E-state index in [1.54, 1.807) is 25.3 Å². The van der Waals surface area contributed by atoms with E-state index in [1.165, 1.54) is 19.8 Å². The van der Waals surface area contributed by atoms with Crippen LogP contribution in [0.25, 0.3) is 11.2 Å². The van der Waals surface area contributed by atoms with Gasteiger partial charge in [-0.1, -0.05) is 0 Å². The van der Waals surface area contributed by atoms with Crippen LogP contribution >= 0.6 is 0 Å². The number of fused-ring (bicyclic) bond motifs is 1. The molecule has 3 rings (SSSR count). The van der Waals surface area contributed by atoms with Gasteiger partial charge in [0.15, 0.2) is 17.2 Å². The highest BCUT2D eigenvalue weighted by molar-refractivity contribution is 5.81. The molecule has 0 spiro atoms. The molecule has 1 saturated heterocycles. The molecule has 4 unspecified atom stereocenters. The fraction of sp³-hybridized carbons (Fsp3) is 0.643. The number of hydrogen-bond donors (Lipinski definition) is 3. The Hall–Kier alpha value is -1.81. The molecule has 1 aliphatic rings. The average molecular weight is 323 g/mol. The number of ether oxygens (including phenoxy) is 2. The van der Waals surface area contributed by atoms with Crippen molar-refractivity contribution in [2.45, 2.75) is 43.8 Å². The number of hydrogen-bond acceptors (Lipinski definition) is 8. The van der Waals surface area contributed by atoms with Crippen molar-refractivity contribution in [3.05, 3.63) is 12.7 Å². The lowest BCUT2D eigenvalue weighted by Crippen LogP contribution is -2.61. The Kier molecular flexibility index (Phi) is 3.38. The highest BCUT2D eigenvalue weighted by atomic mass is 16.6. The summed E-state index contributed by atoms with van der Waals surface area (Å²) >= 11 is 0. The normalized spacial score (nSPS) is 37.6. The largest absolute Gasteiger partial charge is 0.394 e. The zero-order valence-corrected chi connectivity index (χ0v) is 13.5. The molecule has 2 aromatic rings. The SMILES string of the molecule is COC1(C)C(C)(O)C(CO)OC1(C)n1cnc2c(N)ncnc21. The fourth-order valence-corrected chi connectivity index (χ4v) is 3.34. The van der Waals surface area contributed by atoms with Crippen LogP contribution in [0.5, 0.6) is 0 Å². The van der Waals surface area contributed by atoms with E-state index in [0.29, 0.717) is 11.2 Å². The first-order valence-corrected chi connectivity index (χ1v) is 7.23. The molecule has 0 bridgehead atoms. The van der Waals surface area contributed by atoms with Gasteiger partial charge in [-0.15, -0.1) is 0 Å². The number of nitrogens with zero attached hydrogens (tertiary/aromatic N) is 4. The predicted molar refractivity (Wildman–Crippen MR) is 81.4 cm³/mol. The summed E-state index contributed by atoms with van der Waals surface area (Å²) in [5, 5.41) is 20.5. The minimum atomic E-state index is -1.44. The van der Waals surface area contributed by atoms with Crippen molar-refractivity contribution in [2.24, 2.45) is 0 Å². The summed E-state index contributed by atoms with van der Waals surface area (Å²) < 4.78 is 13.3. The van der Waals surface area contributed by atoms with Crippen LogP contribution in [0.1, 0.15) is 20.8 Å². The Morgan fingerprint density at radius 2 is 2.04 bits per heavy atom. The molecule has 126 valence electrons. The third kappa shape index (κ3) is 1.78. The van der Waals surface area contributed by atoms with E-state index in [9.17, 15) is 10.2 Å². The third-order valence-electron chi connectivity index (χ3n) is 5.25. The molecule has 0 aliphatic carbocycles. The van der Waals surface area contributed by atoms with Crippen molar-refractivity contribution in [1.29, 1.82) is 0 Å². The van der Waals surface area contributed by atoms with Crippen molar-refractivity contribution in [2.75, 3.05) is 19.5 Å². The molecule has 3 heterocycles. The van der Waals surface area contributed by atoms with Gasteiger partial charge in [0, 0.05) is 7.11 Å². The van der Waals surface area contributed by atoms with E-state index in [0.717, 1.165) is 0 Å². The van der Waals surface area contributed by atoms with E-state index in [1.807, 2.05) is 0 Å². The van der Waals surface area contributed by atoms with Gasteiger partial charge in [0.25, 0.3) is 0 Å². The van der Waals surface area contributed by atoms with Crippen molar-refractivity contribution in [1.82, 2.24) is 19.5 Å². The molecule has 0 radical (unpaired) electrons. The van der Waals surface area contributed by atoms with E-state index in [-0.39, 0.29) is 12.4 Å². The predicted octanol–water partition coefficient (Wildman–Crippen LogP) is -0.372. The zero-order valence-electron chi connectivity index (χ0n) is 13.5. The third-order valence-corrected chi connectivity index (χ3v) is 5.25. The number of nitrogen functional groups attached to an aromatic ring is 1. The molecule has 4 atom stereocenters. The molecule has 0 aromatic carbocycles. The molecule has 9 heteroatoms. The summed E-state index contributed by atoms with van der Waals surface area (Å²) in [4.78, 5) is 12.4. The number of nitrogens with two attached hydrogens (primary N) is 1. The smallest absolute Gasteiger partial charge is 0.176 e. The van der Waals surface area contributed by atoms with Gasteiger partial charge < -0.3 is 25.4 Å². The van der Waals surface area contributed by atoms with Crippen LogP contribution in [0.2, 0.25) is 0 Å². The topological polar surface area (TPSA) is 129 Å². The van der Waals surface area contributed by atoms with Gasteiger partial charge in [-0.2, -0.15) is 0 Å². The maximum absolute atomic E-state index is 10.9. The van der Waals surface area contributed by atoms with E-state index >= 15 is 0 Å². The molecule has 9 nitrogen and oxygen atoms in total. The van der Waals surface area contributed by atoms with Gasteiger partial charge in [0.2, 0.25) is 0 Å². The summed E-state index contributed by atoms with van der Waals surface area (Å²) in [6, 6.07) is 0. The maximum Gasteiger partial charge on any atom is 0.176 e. The molecule has 1 fully saturated rings. The number of aromatic nitrogens is 4. The van der Waals surface area contributed by atoms with Gasteiger partial charge in [-0.25, -0.2) is 15.0 Å². The summed E-state index contributed by atoms with van der Waals surface area (Å²) in [7, 11) is 1.48. The monoisotopic (exact) mass is 323 g/mol. The quantitative estimate of drug-likeness (QED) is 0.698. The van der Waals surface area contributed by atoms with Crippen LogP contribution in [-0.4, -0.2) is 60.8 Å². The first kappa shape index (κ1) is 16.1. The van der Waals surface area contributed by atoms with Crippen LogP contribution in [-0.2, 0) is 15.2 Å². The first-order chi connectivity index (χ1) is 10.7. The van der Waals surface area contributed by atoms with E-state index in [4.69, 9.17) is 15.2 Å². The molecular weight excluding hydrogens is 302 g/mol. The van der Waals surface area contributed by atoms with Gasteiger partial charge >= 0.3 is 0 Å². The van der Waals surface area contributed by atoms with Crippen LogP contribution in [0.4, 0.5) is 5.82 Å². The second-order valence-corrected chi connectivity index (χ2v) is 6.20. The fourth-order valence-electron chi connectivity index (χ4n) is 3.34. The molecular formula is C14H21N5O4. The van der Waals surface area contributed by atoms with E-state index < -0.39 is 23.0 Å². The highest BCUT2D eigenvalue weighted by Crippen LogP contribution is 2.51. The Bertz CT molecular complexity index is 748. The van der Waals surface area contributed by atoms with Gasteiger partial charge in [0.05, 0.1) is 12.9 Å². The molecule has 2 aromatic heterocycles. The van der Waals surface area contributed by atoms with Gasteiger partial charge in [-0.3, -0.25) is 4.57 Å². The lowest BCUT2D eigenvalue weighted by atomic mass is 9.78. The molecule has 0 saturated carbocycles. The highest BCUT2D eigenvalue weighted by Gasteiger charge is 2.69. The minimum absolute atomic E-state index is 0.250. The van der Waals surface area contributed by atoms with Crippen molar-refractivity contribution in [3.63, 3.8) is 0 Å². The molecule has 0 amide bonds. The van der Waals surface area contributed by atoms with Crippen molar-refractivity contribution < 1.29 is 19.7 Å². The van der Waals surface area contributed by atoms with Crippen LogP contribution in [0, 0.1) is 0 Å².